The number of nitrogen functional groups attached to an aromatic ring is 1. The van der Waals surface area contributed by atoms with Crippen molar-refractivity contribution in [3.63, 3.8) is 0 Å². The Morgan fingerprint density at radius 1 is 1.28 bits per heavy atom. The fourth-order valence-electron chi connectivity index (χ4n) is 3.32. The van der Waals surface area contributed by atoms with E-state index in [0.717, 1.165) is 5.56 Å². The van der Waals surface area contributed by atoms with Gasteiger partial charge in [0.15, 0.2) is 16.5 Å². The van der Waals surface area contributed by atoms with Crippen LogP contribution in [0, 0.1) is 0 Å². The van der Waals surface area contributed by atoms with Gasteiger partial charge in [0, 0.05) is 19.2 Å². The molecule has 0 aliphatic rings. The van der Waals surface area contributed by atoms with Crippen molar-refractivity contribution in [2.75, 3.05) is 31.4 Å². The molecule has 1 atom stereocenters. The molecule has 0 fully saturated rings. The molecule has 11 nitrogen and oxygen atoms in total. The van der Waals surface area contributed by atoms with Crippen LogP contribution in [0.15, 0.2) is 30.5 Å². The molecule has 3 rings (SSSR count). The molecule has 2 heterocycles. The molecular weight excluding hydrogens is 488 g/mol. The summed E-state index contributed by atoms with van der Waals surface area (Å²) in [5.74, 6) is 0.175. The number of nitrogens with two attached hydrogens (primary N) is 1. The zero-order valence-corrected chi connectivity index (χ0v) is 21.9. The first-order chi connectivity index (χ1) is 16.9. The van der Waals surface area contributed by atoms with E-state index in [1.165, 1.54) is 28.7 Å². The molecule has 0 aliphatic carbocycles. The molecule has 0 radical (unpaired) electrons. The number of amides is 2. The van der Waals surface area contributed by atoms with Crippen molar-refractivity contribution in [3.8, 4) is 5.75 Å². The molecule has 2 aromatic heterocycles. The molecular formula is C24H31ClN6O5. The highest BCUT2D eigenvalue weighted by molar-refractivity contribution is 6.29. The van der Waals surface area contributed by atoms with E-state index >= 15 is 0 Å². The van der Waals surface area contributed by atoms with E-state index in [4.69, 9.17) is 31.5 Å². The number of hydrogen-bond acceptors (Lipinski definition) is 8. The molecule has 3 N–H and O–H groups in total. The molecule has 0 saturated heterocycles. The molecule has 0 spiro atoms. The predicted octanol–water partition coefficient (Wildman–Crippen LogP) is 3.68. The lowest BCUT2D eigenvalue weighted by Gasteiger charge is -2.24. The monoisotopic (exact) mass is 518 g/mol. The molecule has 2 amide bonds. The lowest BCUT2D eigenvalue weighted by atomic mass is 10.2. The summed E-state index contributed by atoms with van der Waals surface area (Å²) < 4.78 is 17.6. The first-order valence-corrected chi connectivity index (χ1v) is 11.6. The number of nitrogens with zero attached hydrogens (tertiary/aromatic N) is 4. The first kappa shape index (κ1) is 27.0. The third kappa shape index (κ3) is 6.55. The molecule has 3 aromatic rings. The van der Waals surface area contributed by atoms with Gasteiger partial charge < -0.3 is 25.3 Å². The summed E-state index contributed by atoms with van der Waals surface area (Å²) in [4.78, 5) is 31.1. The Kier molecular flexibility index (Phi) is 8.26. The van der Waals surface area contributed by atoms with E-state index in [0.29, 0.717) is 23.7 Å². The Balaban J connectivity index is 1.68. The molecule has 1 aromatic carbocycles. The van der Waals surface area contributed by atoms with Crippen molar-refractivity contribution in [2.45, 2.75) is 45.9 Å². The van der Waals surface area contributed by atoms with Gasteiger partial charge in [0.25, 0.3) is 5.91 Å². The number of hydrogen-bond donors (Lipinski definition) is 2. The minimum absolute atomic E-state index is 0.0788. The van der Waals surface area contributed by atoms with Gasteiger partial charge >= 0.3 is 6.09 Å². The van der Waals surface area contributed by atoms with Crippen LogP contribution in [0.3, 0.4) is 0 Å². The van der Waals surface area contributed by atoms with Crippen LogP contribution in [-0.4, -0.2) is 59.0 Å². The van der Waals surface area contributed by atoms with E-state index in [1.54, 1.807) is 40.0 Å². The second kappa shape index (κ2) is 11.0. The average molecular weight is 519 g/mol. The second-order valence-corrected chi connectivity index (χ2v) is 9.62. The van der Waals surface area contributed by atoms with E-state index < -0.39 is 17.6 Å². The van der Waals surface area contributed by atoms with Crippen molar-refractivity contribution in [1.29, 1.82) is 0 Å². The molecule has 0 aliphatic heterocycles. The summed E-state index contributed by atoms with van der Waals surface area (Å²) in [5, 5.41) is 7.13. The summed E-state index contributed by atoms with van der Waals surface area (Å²) in [6.07, 6.45) is 0.777. The fraction of sp³-hybridized carbons (Fsp3) is 0.417. The number of benzene rings is 1. The predicted molar refractivity (Wildman–Crippen MR) is 137 cm³/mol. The van der Waals surface area contributed by atoms with Gasteiger partial charge in [-0.2, -0.15) is 5.10 Å². The van der Waals surface area contributed by atoms with Gasteiger partial charge in [0.2, 0.25) is 0 Å². The normalized spacial score (nSPS) is 12.3. The number of nitrogens with one attached hydrogen (secondary N) is 1. The molecule has 36 heavy (non-hydrogen) atoms. The highest BCUT2D eigenvalue weighted by Gasteiger charge is 2.25. The van der Waals surface area contributed by atoms with Crippen LogP contribution in [0.2, 0.25) is 5.15 Å². The van der Waals surface area contributed by atoms with Crippen molar-refractivity contribution >= 4 is 40.6 Å². The summed E-state index contributed by atoms with van der Waals surface area (Å²) in [7, 11) is 3.09. The number of halogens is 1. The molecule has 0 saturated carbocycles. The Labute approximate surface area is 214 Å². The van der Waals surface area contributed by atoms with E-state index in [2.05, 4.69) is 15.4 Å². The third-order valence-electron chi connectivity index (χ3n) is 4.99. The molecule has 194 valence electrons. The maximum absolute atomic E-state index is 12.9. The first-order valence-electron chi connectivity index (χ1n) is 11.2. The number of fused-ring (bicyclic) bond motifs is 1. The number of carbonyl (C=O) groups is 2. The molecule has 0 bridgehead atoms. The van der Waals surface area contributed by atoms with Crippen LogP contribution in [0.5, 0.6) is 5.75 Å². The van der Waals surface area contributed by atoms with Crippen molar-refractivity contribution in [2.24, 2.45) is 0 Å². The number of methoxy groups -OCH3 is 1. The zero-order chi connectivity index (χ0) is 26.6. The van der Waals surface area contributed by atoms with Crippen molar-refractivity contribution in [1.82, 2.24) is 19.9 Å². The van der Waals surface area contributed by atoms with Crippen LogP contribution in [-0.2, 0) is 16.1 Å². The Morgan fingerprint density at radius 2 is 2.00 bits per heavy atom. The SMILES string of the molecule is COc1ccc(COCC(C)NC(=O)c2cnc3c(N(C)C(=O)OC(C)(C)C)cc(Cl)nn23)cc1N. The standard InChI is InChI=1S/C24H31ClN6O5/c1-14(12-35-13-15-7-8-19(34-6)16(26)9-15)28-22(32)18-11-27-21-17(10-20(25)29-31(18)21)30(5)23(33)36-24(2,3)4/h7-11,14H,12-13,26H2,1-6H3,(H,28,32). The van der Waals surface area contributed by atoms with Crippen LogP contribution in [0.1, 0.15) is 43.7 Å². The Bertz CT molecular complexity index is 1260. The average Bonchev–Trinajstić information content (AvgIpc) is 3.20. The minimum Gasteiger partial charge on any atom is -0.495 e. The van der Waals surface area contributed by atoms with E-state index in [1.807, 2.05) is 13.0 Å². The number of imidazole rings is 1. The smallest absolute Gasteiger partial charge is 0.414 e. The fourth-order valence-corrected chi connectivity index (χ4v) is 3.50. The van der Waals surface area contributed by atoms with Gasteiger partial charge in [-0.05, 0) is 45.4 Å². The number of ether oxygens (including phenoxy) is 3. The quantitative estimate of drug-likeness (QED) is 0.431. The Hall–Kier alpha value is -3.57. The van der Waals surface area contributed by atoms with Crippen LogP contribution < -0.4 is 20.7 Å². The topological polar surface area (TPSA) is 133 Å². The summed E-state index contributed by atoms with van der Waals surface area (Å²) in [5.41, 5.74) is 7.42. The lowest BCUT2D eigenvalue weighted by Crippen LogP contribution is -2.36. The van der Waals surface area contributed by atoms with Gasteiger partial charge in [0.05, 0.1) is 37.9 Å². The van der Waals surface area contributed by atoms with Crippen LogP contribution in [0.4, 0.5) is 16.2 Å². The zero-order valence-electron chi connectivity index (χ0n) is 21.2. The lowest BCUT2D eigenvalue weighted by molar-refractivity contribution is 0.0589. The van der Waals surface area contributed by atoms with Crippen LogP contribution >= 0.6 is 11.6 Å². The Morgan fingerprint density at radius 3 is 2.64 bits per heavy atom. The molecule has 12 heteroatoms. The van der Waals surface area contributed by atoms with Crippen molar-refractivity contribution < 1.29 is 23.8 Å². The van der Waals surface area contributed by atoms with Gasteiger partial charge in [-0.15, -0.1) is 0 Å². The number of rotatable bonds is 8. The molecule has 1 unspecified atom stereocenters. The number of anilines is 2. The second-order valence-electron chi connectivity index (χ2n) is 9.24. The van der Waals surface area contributed by atoms with Gasteiger partial charge in [-0.1, -0.05) is 17.7 Å². The highest BCUT2D eigenvalue weighted by atomic mass is 35.5. The summed E-state index contributed by atoms with van der Waals surface area (Å²) in [6.45, 7) is 7.69. The van der Waals surface area contributed by atoms with Gasteiger partial charge in [0.1, 0.15) is 11.4 Å². The van der Waals surface area contributed by atoms with E-state index in [9.17, 15) is 9.59 Å². The van der Waals surface area contributed by atoms with Crippen LogP contribution in [0.25, 0.3) is 5.65 Å². The summed E-state index contributed by atoms with van der Waals surface area (Å²) in [6, 6.07) is 6.58. The number of aromatic nitrogens is 3. The maximum Gasteiger partial charge on any atom is 0.414 e. The van der Waals surface area contributed by atoms with E-state index in [-0.39, 0.29) is 29.1 Å². The van der Waals surface area contributed by atoms with Crippen molar-refractivity contribution in [3.05, 3.63) is 46.9 Å². The van der Waals surface area contributed by atoms with Gasteiger partial charge in [-0.25, -0.2) is 14.3 Å². The number of carbonyl (C=O) groups excluding carboxylic acids is 2. The summed E-state index contributed by atoms with van der Waals surface area (Å²) >= 11 is 6.19. The minimum atomic E-state index is -0.683. The largest absolute Gasteiger partial charge is 0.495 e. The maximum atomic E-state index is 12.9. The van der Waals surface area contributed by atoms with Gasteiger partial charge in [-0.3, -0.25) is 9.69 Å². The highest BCUT2D eigenvalue weighted by Crippen LogP contribution is 2.25. The third-order valence-corrected chi connectivity index (χ3v) is 5.17.